The van der Waals surface area contributed by atoms with Crippen LogP contribution in [0.5, 0.6) is 0 Å². The van der Waals surface area contributed by atoms with E-state index in [9.17, 15) is 9.18 Å². The average Bonchev–Trinajstić information content (AvgIpc) is 2.75. The van der Waals surface area contributed by atoms with Gasteiger partial charge in [0.05, 0.1) is 6.20 Å². The van der Waals surface area contributed by atoms with Crippen molar-refractivity contribution in [2.45, 2.75) is 18.8 Å². The molecule has 0 atom stereocenters. The second kappa shape index (κ2) is 8.08. The van der Waals surface area contributed by atoms with E-state index in [1.807, 2.05) is 30.3 Å². The van der Waals surface area contributed by atoms with Crippen LogP contribution in [0.15, 0.2) is 54.9 Å². The molecule has 0 spiro atoms. The molecule has 3 heterocycles. The lowest BCUT2D eigenvalue weighted by molar-refractivity contribution is 0.193. The summed E-state index contributed by atoms with van der Waals surface area (Å²) < 4.78 is 14.2. The molecule has 1 aliphatic heterocycles. The van der Waals surface area contributed by atoms with Gasteiger partial charge in [-0.1, -0.05) is 30.3 Å². The maximum Gasteiger partial charge on any atom is 0.323 e. The standard InChI is InChI=1S/C20H19FN6O/c21-16-13-22-19(25-18(16)14-5-2-1-3-6-14)15-8-11-27(12-9-15)20(28)24-17-7-4-10-23-26-17/h1-7,10,13,15H,8-9,11-12H2,(H,24,26,28). The van der Waals surface area contributed by atoms with Crippen molar-refractivity contribution in [3.05, 3.63) is 66.5 Å². The summed E-state index contributed by atoms with van der Waals surface area (Å²) in [5, 5.41) is 10.3. The number of benzene rings is 1. The molecule has 8 heteroatoms. The molecule has 0 saturated carbocycles. The number of hydrogen-bond acceptors (Lipinski definition) is 5. The Hall–Kier alpha value is -3.42. The van der Waals surface area contributed by atoms with E-state index in [0.717, 1.165) is 5.56 Å². The van der Waals surface area contributed by atoms with Gasteiger partial charge in [0.15, 0.2) is 11.6 Å². The SMILES string of the molecule is O=C(Nc1cccnn1)N1CCC(c2ncc(F)c(-c3ccccc3)n2)CC1. The molecule has 0 bridgehead atoms. The van der Waals surface area contributed by atoms with Gasteiger partial charge < -0.3 is 4.90 Å². The van der Waals surface area contributed by atoms with Crippen molar-refractivity contribution >= 4 is 11.8 Å². The van der Waals surface area contributed by atoms with Crippen LogP contribution in [0.1, 0.15) is 24.6 Å². The number of nitrogens with zero attached hydrogens (tertiary/aromatic N) is 5. The number of carbonyl (C=O) groups excluding carboxylic acids is 1. The van der Waals surface area contributed by atoms with Crippen LogP contribution in [0, 0.1) is 5.82 Å². The zero-order chi connectivity index (χ0) is 19.3. The Kier molecular flexibility index (Phi) is 5.18. The van der Waals surface area contributed by atoms with Gasteiger partial charge in [0.25, 0.3) is 0 Å². The number of carbonyl (C=O) groups is 1. The number of amides is 2. The third-order valence-electron chi connectivity index (χ3n) is 4.76. The van der Waals surface area contributed by atoms with E-state index in [1.165, 1.54) is 6.20 Å². The first-order chi connectivity index (χ1) is 13.7. The van der Waals surface area contributed by atoms with Gasteiger partial charge in [-0.25, -0.2) is 19.2 Å². The third kappa shape index (κ3) is 3.95. The number of likely N-dealkylation sites (tertiary alicyclic amines) is 1. The summed E-state index contributed by atoms with van der Waals surface area (Å²) in [4.78, 5) is 22.8. The molecule has 1 aromatic carbocycles. The second-order valence-corrected chi connectivity index (χ2v) is 6.59. The Labute approximate surface area is 161 Å². The summed E-state index contributed by atoms with van der Waals surface area (Å²) in [5.74, 6) is 0.692. The molecule has 28 heavy (non-hydrogen) atoms. The number of nitrogens with one attached hydrogen (secondary N) is 1. The van der Waals surface area contributed by atoms with Crippen LogP contribution in [0.4, 0.5) is 15.0 Å². The minimum absolute atomic E-state index is 0.0867. The van der Waals surface area contributed by atoms with Crippen molar-refractivity contribution in [3.8, 4) is 11.3 Å². The average molecular weight is 378 g/mol. The van der Waals surface area contributed by atoms with E-state index >= 15 is 0 Å². The summed E-state index contributed by atoms with van der Waals surface area (Å²) in [7, 11) is 0. The van der Waals surface area contributed by atoms with Crippen LogP contribution in [-0.2, 0) is 0 Å². The summed E-state index contributed by atoms with van der Waals surface area (Å²) in [6.45, 7) is 1.14. The third-order valence-corrected chi connectivity index (χ3v) is 4.76. The highest BCUT2D eigenvalue weighted by atomic mass is 19.1. The van der Waals surface area contributed by atoms with Crippen molar-refractivity contribution in [2.24, 2.45) is 0 Å². The molecular formula is C20H19FN6O. The number of halogens is 1. The summed E-state index contributed by atoms with van der Waals surface area (Å²) >= 11 is 0. The van der Waals surface area contributed by atoms with Crippen molar-refractivity contribution in [1.82, 2.24) is 25.1 Å². The number of urea groups is 1. The zero-order valence-corrected chi connectivity index (χ0v) is 15.1. The molecule has 7 nitrogen and oxygen atoms in total. The van der Waals surface area contributed by atoms with Gasteiger partial charge >= 0.3 is 6.03 Å². The van der Waals surface area contributed by atoms with Gasteiger partial charge in [0.2, 0.25) is 0 Å². The van der Waals surface area contributed by atoms with Gasteiger partial charge in [0, 0.05) is 30.8 Å². The van der Waals surface area contributed by atoms with Gasteiger partial charge in [-0.3, -0.25) is 5.32 Å². The lowest BCUT2D eigenvalue weighted by atomic mass is 9.96. The molecule has 3 aromatic rings. The van der Waals surface area contributed by atoms with E-state index < -0.39 is 5.82 Å². The molecule has 1 saturated heterocycles. The first-order valence-electron chi connectivity index (χ1n) is 9.12. The van der Waals surface area contributed by atoms with Crippen molar-refractivity contribution < 1.29 is 9.18 Å². The lowest BCUT2D eigenvalue weighted by Crippen LogP contribution is -2.41. The van der Waals surface area contributed by atoms with Crippen LogP contribution in [0.2, 0.25) is 0 Å². The van der Waals surface area contributed by atoms with Crippen LogP contribution >= 0.6 is 0 Å². The first kappa shape index (κ1) is 18.0. The predicted molar refractivity (Wildman–Crippen MR) is 102 cm³/mol. The van der Waals surface area contributed by atoms with Gasteiger partial charge in [-0.15, -0.1) is 5.10 Å². The number of aromatic nitrogens is 4. The van der Waals surface area contributed by atoms with E-state index in [2.05, 4.69) is 25.5 Å². The normalized spacial score (nSPS) is 14.7. The minimum atomic E-state index is -0.435. The smallest absolute Gasteiger partial charge is 0.323 e. The molecule has 0 radical (unpaired) electrons. The largest absolute Gasteiger partial charge is 0.324 e. The number of piperidine rings is 1. The molecule has 2 aromatic heterocycles. The van der Waals surface area contributed by atoms with E-state index in [1.54, 1.807) is 23.2 Å². The highest BCUT2D eigenvalue weighted by Gasteiger charge is 2.26. The Morgan fingerprint density at radius 2 is 1.89 bits per heavy atom. The van der Waals surface area contributed by atoms with Crippen LogP contribution in [0.25, 0.3) is 11.3 Å². The monoisotopic (exact) mass is 378 g/mol. The lowest BCUT2D eigenvalue weighted by Gasteiger charge is -2.31. The minimum Gasteiger partial charge on any atom is -0.324 e. The van der Waals surface area contributed by atoms with Crippen molar-refractivity contribution in [2.75, 3.05) is 18.4 Å². The van der Waals surface area contributed by atoms with Crippen LogP contribution in [0.3, 0.4) is 0 Å². The number of rotatable bonds is 3. The van der Waals surface area contributed by atoms with Gasteiger partial charge in [0.1, 0.15) is 11.5 Å². The predicted octanol–water partition coefficient (Wildman–Crippen LogP) is 3.48. The fourth-order valence-corrected chi connectivity index (χ4v) is 3.27. The first-order valence-corrected chi connectivity index (χ1v) is 9.12. The summed E-state index contributed by atoms with van der Waals surface area (Å²) in [6, 6.07) is 12.4. The van der Waals surface area contributed by atoms with Crippen molar-refractivity contribution in [1.29, 1.82) is 0 Å². The maximum atomic E-state index is 14.2. The van der Waals surface area contributed by atoms with E-state index in [4.69, 9.17) is 0 Å². The Morgan fingerprint density at radius 1 is 1.11 bits per heavy atom. The molecule has 2 amide bonds. The molecule has 4 rings (SSSR count). The number of hydrogen-bond donors (Lipinski definition) is 1. The van der Waals surface area contributed by atoms with Crippen LogP contribution < -0.4 is 5.32 Å². The molecule has 0 unspecified atom stereocenters. The van der Waals surface area contributed by atoms with E-state index in [-0.39, 0.29) is 11.9 Å². The molecular weight excluding hydrogens is 359 g/mol. The summed E-state index contributed by atoms with van der Waals surface area (Å²) in [5.41, 5.74) is 1.04. The molecule has 1 aliphatic rings. The van der Waals surface area contributed by atoms with Crippen LogP contribution in [-0.4, -0.2) is 44.2 Å². The fourth-order valence-electron chi connectivity index (χ4n) is 3.27. The highest BCUT2D eigenvalue weighted by molar-refractivity contribution is 5.88. The second-order valence-electron chi connectivity index (χ2n) is 6.59. The highest BCUT2D eigenvalue weighted by Crippen LogP contribution is 2.28. The molecule has 0 aliphatic carbocycles. The Bertz CT molecular complexity index is 945. The summed E-state index contributed by atoms with van der Waals surface area (Å²) in [6.07, 6.45) is 4.22. The van der Waals surface area contributed by atoms with Gasteiger partial charge in [-0.05, 0) is 25.0 Å². The fraction of sp³-hybridized carbons (Fsp3) is 0.250. The van der Waals surface area contributed by atoms with E-state index in [0.29, 0.717) is 43.3 Å². The van der Waals surface area contributed by atoms with Crippen molar-refractivity contribution in [3.63, 3.8) is 0 Å². The molecule has 1 fully saturated rings. The molecule has 142 valence electrons. The topological polar surface area (TPSA) is 83.9 Å². The quantitative estimate of drug-likeness (QED) is 0.754. The number of anilines is 1. The Morgan fingerprint density at radius 3 is 2.61 bits per heavy atom. The maximum absolute atomic E-state index is 14.2. The Balaban J connectivity index is 1.42. The van der Waals surface area contributed by atoms with Gasteiger partial charge in [-0.2, -0.15) is 5.10 Å². The molecule has 1 N–H and O–H groups in total. The zero-order valence-electron chi connectivity index (χ0n) is 15.1.